The van der Waals surface area contributed by atoms with E-state index in [4.69, 9.17) is 10.7 Å². The number of nitrogens with two attached hydrogens (primary N) is 1. The molecule has 0 fully saturated rings. The Kier molecular flexibility index (Phi) is 4.81. The maximum Gasteiger partial charge on any atom is 0.238 e. The Morgan fingerprint density at radius 3 is 2.58 bits per heavy atom. The van der Waals surface area contributed by atoms with Gasteiger partial charge in [-0.3, -0.25) is 0 Å². The summed E-state index contributed by atoms with van der Waals surface area (Å²) in [5, 5.41) is 26.9. The van der Waals surface area contributed by atoms with E-state index in [9.17, 15) is 23.0 Å². The molecule has 104 valence electrons. The SMILES string of the molecule is [N-]=[N+]=NCC(O)C(O)c1ccc(S(N)(=O)=O)cc1F. The molecule has 2 atom stereocenters. The van der Waals surface area contributed by atoms with Gasteiger partial charge in [0.15, 0.2) is 0 Å². The molecule has 0 aliphatic carbocycles. The van der Waals surface area contributed by atoms with Gasteiger partial charge < -0.3 is 10.2 Å². The van der Waals surface area contributed by atoms with Crippen molar-refractivity contribution in [3.8, 4) is 0 Å². The molecule has 2 unspecified atom stereocenters. The molecule has 1 rings (SSSR count). The third kappa shape index (κ3) is 3.88. The van der Waals surface area contributed by atoms with Crippen LogP contribution in [-0.2, 0) is 10.0 Å². The van der Waals surface area contributed by atoms with Crippen molar-refractivity contribution in [1.29, 1.82) is 0 Å². The summed E-state index contributed by atoms with van der Waals surface area (Å²) < 4.78 is 35.6. The largest absolute Gasteiger partial charge is 0.390 e. The number of aliphatic hydroxyl groups is 2. The molecule has 0 heterocycles. The fourth-order valence-electron chi connectivity index (χ4n) is 1.35. The minimum absolute atomic E-state index is 0.326. The zero-order valence-electron chi connectivity index (χ0n) is 9.51. The number of azide groups is 1. The molecular weight excluding hydrogens is 279 g/mol. The molecule has 1 aromatic carbocycles. The second-order valence-corrected chi connectivity index (χ2v) is 5.22. The number of rotatable bonds is 5. The zero-order chi connectivity index (χ0) is 14.6. The summed E-state index contributed by atoms with van der Waals surface area (Å²) in [4.78, 5) is 1.93. The average molecular weight is 290 g/mol. The van der Waals surface area contributed by atoms with Crippen molar-refractivity contribution in [3.05, 3.63) is 40.0 Å². The Morgan fingerprint density at radius 1 is 1.47 bits per heavy atom. The summed E-state index contributed by atoms with van der Waals surface area (Å²) in [5.74, 6) is -1.04. The van der Waals surface area contributed by atoms with Gasteiger partial charge in [0, 0.05) is 10.5 Å². The van der Waals surface area contributed by atoms with Crippen molar-refractivity contribution in [3.63, 3.8) is 0 Å². The quantitative estimate of drug-likeness (QED) is 0.402. The number of sulfonamides is 1. The van der Waals surface area contributed by atoms with Crippen molar-refractivity contribution in [2.24, 2.45) is 10.3 Å². The van der Waals surface area contributed by atoms with Crippen LogP contribution < -0.4 is 5.14 Å². The smallest absolute Gasteiger partial charge is 0.238 e. The summed E-state index contributed by atoms with van der Waals surface area (Å²) in [6.07, 6.45) is -3.16. The monoisotopic (exact) mass is 290 g/mol. The highest BCUT2D eigenvalue weighted by molar-refractivity contribution is 7.89. The van der Waals surface area contributed by atoms with Crippen LogP contribution in [0.1, 0.15) is 11.7 Å². The van der Waals surface area contributed by atoms with Crippen LogP contribution in [0.15, 0.2) is 28.2 Å². The van der Waals surface area contributed by atoms with Crippen LogP contribution in [0.5, 0.6) is 0 Å². The predicted molar refractivity (Wildman–Crippen MR) is 62.8 cm³/mol. The third-order valence-electron chi connectivity index (χ3n) is 2.32. The summed E-state index contributed by atoms with van der Waals surface area (Å²) in [5.41, 5.74) is 7.73. The van der Waals surface area contributed by atoms with Gasteiger partial charge in [-0.1, -0.05) is 11.2 Å². The highest BCUT2D eigenvalue weighted by Gasteiger charge is 2.22. The lowest BCUT2D eigenvalue weighted by atomic mass is 10.0. The van der Waals surface area contributed by atoms with E-state index in [1.165, 1.54) is 0 Å². The fourth-order valence-corrected chi connectivity index (χ4v) is 1.88. The molecule has 0 aromatic heterocycles. The van der Waals surface area contributed by atoms with Crippen LogP contribution in [0.4, 0.5) is 4.39 Å². The van der Waals surface area contributed by atoms with E-state index in [1.807, 2.05) is 0 Å². The van der Waals surface area contributed by atoms with Crippen LogP contribution in [0, 0.1) is 5.82 Å². The van der Waals surface area contributed by atoms with Crippen molar-refractivity contribution in [2.45, 2.75) is 17.1 Å². The summed E-state index contributed by atoms with van der Waals surface area (Å²) >= 11 is 0. The molecule has 10 heteroatoms. The standard InChI is InChI=1S/C9H11FN4O4S/c10-7-3-5(19(12,17)18)1-2-6(7)9(16)8(15)4-13-14-11/h1-3,8-9,15-16H,4H2,(H2,12,17,18). The van der Waals surface area contributed by atoms with Gasteiger partial charge in [-0.2, -0.15) is 0 Å². The van der Waals surface area contributed by atoms with Gasteiger partial charge in [-0.25, -0.2) is 17.9 Å². The molecule has 0 aliphatic rings. The fraction of sp³-hybridized carbons (Fsp3) is 0.333. The van der Waals surface area contributed by atoms with Gasteiger partial charge in [-0.05, 0) is 17.7 Å². The van der Waals surface area contributed by atoms with E-state index < -0.39 is 39.5 Å². The second-order valence-electron chi connectivity index (χ2n) is 3.65. The molecule has 0 bridgehead atoms. The topological polar surface area (TPSA) is 149 Å². The minimum Gasteiger partial charge on any atom is -0.390 e. The number of benzene rings is 1. The summed E-state index contributed by atoms with van der Waals surface area (Å²) in [6.45, 7) is -0.450. The molecule has 0 saturated heterocycles. The lowest BCUT2D eigenvalue weighted by molar-refractivity contribution is 0.0222. The lowest BCUT2D eigenvalue weighted by Gasteiger charge is -2.17. The van der Waals surface area contributed by atoms with Crippen LogP contribution in [0.2, 0.25) is 0 Å². The van der Waals surface area contributed by atoms with Gasteiger partial charge >= 0.3 is 0 Å². The van der Waals surface area contributed by atoms with Crippen LogP contribution in [0.3, 0.4) is 0 Å². The molecule has 8 nitrogen and oxygen atoms in total. The first-order valence-corrected chi connectivity index (χ1v) is 6.51. The first-order valence-electron chi connectivity index (χ1n) is 4.96. The maximum atomic E-state index is 13.6. The van der Waals surface area contributed by atoms with Gasteiger partial charge in [0.1, 0.15) is 11.9 Å². The van der Waals surface area contributed by atoms with Crippen molar-refractivity contribution in [2.75, 3.05) is 6.54 Å². The van der Waals surface area contributed by atoms with Crippen molar-refractivity contribution in [1.82, 2.24) is 0 Å². The molecule has 4 N–H and O–H groups in total. The van der Waals surface area contributed by atoms with E-state index in [0.29, 0.717) is 6.07 Å². The van der Waals surface area contributed by atoms with Gasteiger partial charge in [0.25, 0.3) is 0 Å². The molecule has 19 heavy (non-hydrogen) atoms. The van der Waals surface area contributed by atoms with Crippen molar-refractivity contribution < 1.29 is 23.0 Å². The van der Waals surface area contributed by atoms with Gasteiger partial charge in [0.05, 0.1) is 17.5 Å². The second kappa shape index (κ2) is 5.95. The van der Waals surface area contributed by atoms with Crippen LogP contribution >= 0.6 is 0 Å². The van der Waals surface area contributed by atoms with E-state index in [-0.39, 0.29) is 5.56 Å². The minimum atomic E-state index is -4.05. The molecule has 0 radical (unpaired) electrons. The van der Waals surface area contributed by atoms with Crippen LogP contribution in [0.25, 0.3) is 10.4 Å². The number of aliphatic hydroxyl groups excluding tert-OH is 2. The number of primary sulfonamides is 1. The number of hydrogen-bond acceptors (Lipinski definition) is 5. The number of nitrogens with zero attached hydrogens (tertiary/aromatic N) is 3. The number of halogens is 1. The Morgan fingerprint density at radius 2 is 2.11 bits per heavy atom. The van der Waals surface area contributed by atoms with Gasteiger partial charge in [-0.15, -0.1) is 0 Å². The Labute approximate surface area is 108 Å². The molecule has 0 saturated carbocycles. The predicted octanol–water partition coefficient (Wildman–Crippen LogP) is 0.178. The first kappa shape index (κ1) is 15.3. The summed E-state index contributed by atoms with van der Waals surface area (Å²) in [6, 6.07) is 2.62. The first-order chi connectivity index (χ1) is 8.77. The molecule has 0 spiro atoms. The molecule has 1 aromatic rings. The maximum absolute atomic E-state index is 13.6. The third-order valence-corrected chi connectivity index (χ3v) is 3.23. The van der Waals surface area contributed by atoms with Gasteiger partial charge in [0.2, 0.25) is 10.0 Å². The number of hydrogen-bond donors (Lipinski definition) is 3. The summed E-state index contributed by atoms with van der Waals surface area (Å²) in [7, 11) is -4.05. The zero-order valence-corrected chi connectivity index (χ0v) is 10.3. The highest BCUT2D eigenvalue weighted by atomic mass is 32.2. The average Bonchev–Trinajstić information content (AvgIpc) is 2.33. The van der Waals surface area contributed by atoms with E-state index in [2.05, 4.69) is 10.0 Å². The molecular formula is C9H11FN4O4S. The van der Waals surface area contributed by atoms with E-state index in [0.717, 1.165) is 12.1 Å². The lowest BCUT2D eigenvalue weighted by Crippen LogP contribution is -2.22. The van der Waals surface area contributed by atoms with Crippen LogP contribution in [-0.4, -0.2) is 31.3 Å². The van der Waals surface area contributed by atoms with E-state index in [1.54, 1.807) is 0 Å². The van der Waals surface area contributed by atoms with Crippen molar-refractivity contribution >= 4 is 10.0 Å². The van der Waals surface area contributed by atoms with E-state index >= 15 is 0 Å². The molecule has 0 aliphatic heterocycles. The normalized spacial score (nSPS) is 14.5. The highest BCUT2D eigenvalue weighted by Crippen LogP contribution is 2.22. The Balaban J connectivity index is 3.06. The Bertz CT molecular complexity index is 615. The molecule has 0 amide bonds. The Hall–Kier alpha value is -1.71.